The van der Waals surface area contributed by atoms with E-state index < -0.39 is 92.7 Å². The number of carbonyl (C=O) groups excluding carboxylic acids is 2. The summed E-state index contributed by atoms with van der Waals surface area (Å²) < 4.78 is 33.3. The Labute approximate surface area is 357 Å². The third kappa shape index (κ3) is 22.2. The molecule has 0 radical (unpaired) electrons. The number of esters is 2. The Kier molecular flexibility index (Phi) is 29.9. The highest BCUT2D eigenvalue weighted by Crippen LogP contribution is 2.26. The Morgan fingerprint density at radius 2 is 1.05 bits per heavy atom. The zero-order valence-corrected chi connectivity index (χ0v) is 36.2. The molecule has 0 aromatic heterocycles. The lowest BCUT2D eigenvalue weighted by Gasteiger charge is -2.42. The van der Waals surface area contributed by atoms with Crippen molar-refractivity contribution in [1.29, 1.82) is 0 Å². The lowest BCUT2D eigenvalue weighted by atomic mass is 9.98. The molecular weight excluding hydrogens is 780 g/mol. The molecule has 2 rings (SSSR count). The Morgan fingerprint density at radius 1 is 0.550 bits per heavy atom. The zero-order valence-electron chi connectivity index (χ0n) is 36.2. The van der Waals surface area contributed by atoms with Crippen molar-refractivity contribution in [3.63, 3.8) is 0 Å². The van der Waals surface area contributed by atoms with Crippen LogP contribution in [0.25, 0.3) is 0 Å². The van der Waals surface area contributed by atoms with E-state index in [9.17, 15) is 45.3 Å². The maximum atomic E-state index is 12.9. The molecule has 0 aromatic carbocycles. The molecule has 7 N–H and O–H groups in total. The molecule has 0 aromatic rings. The average Bonchev–Trinajstić information content (AvgIpc) is 3.24. The fourth-order valence-electron chi connectivity index (χ4n) is 6.88. The number of carbonyl (C=O) groups is 2. The third-order valence-electron chi connectivity index (χ3n) is 10.6. The largest absolute Gasteiger partial charge is 0.462 e. The van der Waals surface area contributed by atoms with Crippen LogP contribution < -0.4 is 0 Å². The summed E-state index contributed by atoms with van der Waals surface area (Å²) in [6.07, 6.45) is 15.0. The molecule has 2 heterocycles. The van der Waals surface area contributed by atoms with E-state index in [0.29, 0.717) is 12.8 Å². The lowest BCUT2D eigenvalue weighted by Crippen LogP contribution is -2.61. The van der Waals surface area contributed by atoms with Gasteiger partial charge in [0.05, 0.1) is 19.8 Å². The van der Waals surface area contributed by atoms with Gasteiger partial charge in [0.15, 0.2) is 18.7 Å². The molecule has 2 aliphatic rings. The molecule has 0 bridgehead atoms. The molecule has 0 amide bonds. The molecule has 2 saturated heterocycles. The Balaban J connectivity index is 1.83. The van der Waals surface area contributed by atoms with Crippen LogP contribution in [0.4, 0.5) is 0 Å². The number of hydrogen-bond acceptors (Lipinski definition) is 15. The van der Waals surface area contributed by atoms with E-state index in [1.165, 1.54) is 12.8 Å². The van der Waals surface area contributed by atoms with Crippen molar-refractivity contribution in [2.24, 2.45) is 0 Å². The zero-order chi connectivity index (χ0) is 44.0. The molecule has 15 nitrogen and oxygen atoms in total. The van der Waals surface area contributed by atoms with E-state index in [0.717, 1.165) is 89.9 Å². The molecule has 15 heteroatoms. The van der Waals surface area contributed by atoms with E-state index in [1.54, 1.807) is 0 Å². The van der Waals surface area contributed by atoms with Gasteiger partial charge in [0.1, 0.15) is 55.4 Å². The number of rotatable bonds is 33. The molecule has 2 aliphatic heterocycles. The lowest BCUT2D eigenvalue weighted by molar-refractivity contribution is -0.332. The van der Waals surface area contributed by atoms with Crippen LogP contribution in [0.15, 0.2) is 36.5 Å². The second-order valence-corrected chi connectivity index (χ2v) is 15.9. The van der Waals surface area contributed by atoms with Crippen LogP contribution in [-0.2, 0) is 38.0 Å². The first-order valence-corrected chi connectivity index (χ1v) is 22.6. The van der Waals surface area contributed by atoms with Crippen molar-refractivity contribution in [3.8, 4) is 0 Å². The van der Waals surface area contributed by atoms with Gasteiger partial charge < -0.3 is 64.2 Å². The highest BCUT2D eigenvalue weighted by Gasteiger charge is 2.47. The number of hydrogen-bond donors (Lipinski definition) is 7. The summed E-state index contributed by atoms with van der Waals surface area (Å²) in [5, 5.41) is 71.7. The summed E-state index contributed by atoms with van der Waals surface area (Å²) in [7, 11) is 0. The predicted molar refractivity (Wildman–Crippen MR) is 224 cm³/mol. The summed E-state index contributed by atoms with van der Waals surface area (Å²) in [6.45, 7) is 2.39. The topological polar surface area (TPSA) is 231 Å². The van der Waals surface area contributed by atoms with Crippen molar-refractivity contribution in [2.45, 2.75) is 210 Å². The molecule has 60 heavy (non-hydrogen) atoms. The van der Waals surface area contributed by atoms with E-state index in [-0.39, 0.29) is 26.1 Å². The fourth-order valence-corrected chi connectivity index (χ4v) is 6.88. The van der Waals surface area contributed by atoms with Crippen molar-refractivity contribution < 1.29 is 73.8 Å². The van der Waals surface area contributed by atoms with E-state index in [2.05, 4.69) is 50.3 Å². The standard InChI is InChI=1S/C45H78O15/c1-3-5-7-9-11-12-13-14-15-16-17-18-19-20-22-24-26-28-37(48)58-33(30-55-36(47)27-25-23-21-10-8-6-4-2)31-56-44-43(54)41(52)39(50)35(60-44)32-57-45-42(53)40(51)38(49)34(29-46)59-45/h5,7,11-12,14-15,33-35,38-46,49-54H,3-4,6,8-10,13,16-32H2,1-2H3/b7-5-,12-11-,15-14-. The van der Waals surface area contributed by atoms with Crippen LogP contribution in [0.1, 0.15) is 142 Å². The third-order valence-corrected chi connectivity index (χ3v) is 10.6. The number of unbranched alkanes of at least 4 members (excludes halogenated alkanes) is 13. The van der Waals surface area contributed by atoms with Crippen LogP contribution >= 0.6 is 0 Å². The first-order chi connectivity index (χ1) is 29.0. The van der Waals surface area contributed by atoms with Gasteiger partial charge in [0.25, 0.3) is 0 Å². The van der Waals surface area contributed by atoms with Crippen LogP contribution in [0, 0.1) is 0 Å². The van der Waals surface area contributed by atoms with Crippen molar-refractivity contribution in [2.75, 3.05) is 26.4 Å². The first kappa shape index (κ1) is 53.9. The number of aliphatic hydroxyl groups is 7. The first-order valence-electron chi connectivity index (χ1n) is 22.6. The molecular formula is C45H78O15. The van der Waals surface area contributed by atoms with Crippen molar-refractivity contribution in [1.82, 2.24) is 0 Å². The van der Waals surface area contributed by atoms with Gasteiger partial charge in [-0.25, -0.2) is 0 Å². The summed E-state index contributed by atoms with van der Waals surface area (Å²) in [5.74, 6) is -0.945. The maximum Gasteiger partial charge on any atom is 0.306 e. The maximum absolute atomic E-state index is 12.9. The van der Waals surface area contributed by atoms with Gasteiger partial charge in [-0.3, -0.25) is 9.59 Å². The van der Waals surface area contributed by atoms with Crippen LogP contribution in [-0.4, -0.2) is 142 Å². The van der Waals surface area contributed by atoms with Gasteiger partial charge >= 0.3 is 11.9 Å². The molecule has 11 unspecified atom stereocenters. The smallest absolute Gasteiger partial charge is 0.306 e. The Hall–Kier alpha value is -2.28. The van der Waals surface area contributed by atoms with Crippen LogP contribution in [0.2, 0.25) is 0 Å². The highest BCUT2D eigenvalue weighted by atomic mass is 16.7. The fraction of sp³-hybridized carbons (Fsp3) is 0.822. The van der Waals surface area contributed by atoms with Gasteiger partial charge in [0, 0.05) is 12.8 Å². The minimum atomic E-state index is -1.76. The van der Waals surface area contributed by atoms with E-state index in [4.69, 9.17) is 28.4 Å². The van der Waals surface area contributed by atoms with Crippen LogP contribution in [0.3, 0.4) is 0 Å². The van der Waals surface area contributed by atoms with Gasteiger partial charge in [0.2, 0.25) is 0 Å². The molecule has 348 valence electrons. The Bertz CT molecular complexity index is 1200. The average molecular weight is 859 g/mol. The van der Waals surface area contributed by atoms with Gasteiger partial charge in [-0.1, -0.05) is 121 Å². The second kappa shape index (κ2) is 33.3. The molecule has 0 saturated carbocycles. The molecule has 11 atom stereocenters. The van der Waals surface area contributed by atoms with Crippen LogP contribution in [0.5, 0.6) is 0 Å². The summed E-state index contributed by atoms with van der Waals surface area (Å²) in [6, 6.07) is 0. The van der Waals surface area contributed by atoms with Gasteiger partial charge in [-0.2, -0.15) is 0 Å². The molecule has 0 spiro atoms. The van der Waals surface area contributed by atoms with Gasteiger partial charge in [-0.15, -0.1) is 0 Å². The summed E-state index contributed by atoms with van der Waals surface area (Å²) >= 11 is 0. The van der Waals surface area contributed by atoms with E-state index >= 15 is 0 Å². The Morgan fingerprint density at radius 3 is 1.65 bits per heavy atom. The summed E-state index contributed by atoms with van der Waals surface area (Å²) in [5.41, 5.74) is 0. The quantitative estimate of drug-likeness (QED) is 0.0272. The second-order valence-electron chi connectivity index (χ2n) is 15.9. The minimum Gasteiger partial charge on any atom is -0.462 e. The molecule has 2 fully saturated rings. The predicted octanol–water partition coefficient (Wildman–Crippen LogP) is 4.59. The normalized spacial score (nSPS) is 27.9. The highest BCUT2D eigenvalue weighted by molar-refractivity contribution is 5.70. The van der Waals surface area contributed by atoms with Gasteiger partial charge in [-0.05, 0) is 44.9 Å². The van der Waals surface area contributed by atoms with E-state index in [1.807, 2.05) is 0 Å². The number of ether oxygens (including phenoxy) is 6. The minimum absolute atomic E-state index is 0.154. The summed E-state index contributed by atoms with van der Waals surface area (Å²) in [4.78, 5) is 25.5. The monoisotopic (exact) mass is 859 g/mol. The molecule has 0 aliphatic carbocycles. The SMILES string of the molecule is CC/C=C\C/C=C\C/C=C\CCCCCCCCCC(=O)OC(COC(=O)CCCCCCCCC)COC1OC(COC2OC(CO)C(O)C(O)C2O)C(O)C(O)C1O. The number of allylic oxidation sites excluding steroid dienone is 6. The van der Waals surface area contributed by atoms with Crippen molar-refractivity contribution >= 4 is 11.9 Å². The number of aliphatic hydroxyl groups excluding tert-OH is 7. The van der Waals surface area contributed by atoms with Crippen molar-refractivity contribution in [3.05, 3.63) is 36.5 Å².